The van der Waals surface area contributed by atoms with Crippen LogP contribution < -0.4 is 0 Å². The third kappa shape index (κ3) is 4.40. The number of hydrogen-bond donors (Lipinski definition) is 0. The Hall–Kier alpha value is -1.77. The van der Waals surface area contributed by atoms with Crippen LogP contribution in [-0.4, -0.2) is 43.3 Å². The molecular weight excluding hydrogens is 308 g/mol. The summed E-state index contributed by atoms with van der Waals surface area (Å²) >= 11 is 0. The van der Waals surface area contributed by atoms with E-state index in [2.05, 4.69) is 6.07 Å². The SMILES string of the molecule is CCOC(=O)[C@@H]1C[C@H]2C[C@@H](CCCC#N)CC[C@H]2CN1C(=O)OC. The summed E-state index contributed by atoms with van der Waals surface area (Å²) in [6.45, 7) is 2.67. The highest BCUT2D eigenvalue weighted by atomic mass is 16.6. The lowest BCUT2D eigenvalue weighted by Crippen LogP contribution is -2.55. The summed E-state index contributed by atoms with van der Waals surface area (Å²) in [5.41, 5.74) is 0. The Morgan fingerprint density at radius 1 is 1.25 bits per heavy atom. The molecule has 1 saturated heterocycles. The molecule has 0 bridgehead atoms. The monoisotopic (exact) mass is 336 g/mol. The molecule has 0 aromatic carbocycles. The zero-order valence-corrected chi connectivity index (χ0v) is 14.7. The molecule has 4 atom stereocenters. The van der Waals surface area contributed by atoms with Crippen molar-refractivity contribution in [2.75, 3.05) is 20.3 Å². The molecule has 1 aliphatic carbocycles. The number of carbonyl (C=O) groups excluding carboxylic acids is 2. The third-order valence-electron chi connectivity index (χ3n) is 5.45. The van der Waals surface area contributed by atoms with Gasteiger partial charge in [0.2, 0.25) is 0 Å². The van der Waals surface area contributed by atoms with Crippen LogP contribution >= 0.6 is 0 Å². The smallest absolute Gasteiger partial charge is 0.410 e. The summed E-state index contributed by atoms with van der Waals surface area (Å²) in [4.78, 5) is 25.9. The Labute approximate surface area is 144 Å². The highest BCUT2D eigenvalue weighted by molar-refractivity contribution is 5.81. The van der Waals surface area contributed by atoms with Gasteiger partial charge in [0.05, 0.1) is 19.8 Å². The molecule has 0 aromatic heterocycles. The summed E-state index contributed by atoms with van der Waals surface area (Å²) in [5, 5.41) is 8.68. The number of unbranched alkanes of at least 4 members (excludes halogenated alkanes) is 1. The zero-order chi connectivity index (χ0) is 17.5. The van der Waals surface area contributed by atoms with Gasteiger partial charge in [0.1, 0.15) is 6.04 Å². The van der Waals surface area contributed by atoms with Crippen LogP contribution in [0.4, 0.5) is 4.79 Å². The van der Waals surface area contributed by atoms with Gasteiger partial charge in [-0.1, -0.05) is 6.42 Å². The molecule has 134 valence electrons. The standard InChI is InChI=1S/C18H28N2O4/c1-3-24-17(21)16-11-15-10-13(6-4-5-9-19)7-8-14(15)12-20(16)18(22)23-2/h13-16H,3-8,10-12H2,1-2H3/t13-,14-,15+,16-/m0/s1. The minimum absolute atomic E-state index is 0.315. The fourth-order valence-electron chi connectivity index (χ4n) is 4.26. The van der Waals surface area contributed by atoms with Crippen LogP contribution in [0, 0.1) is 29.1 Å². The average molecular weight is 336 g/mol. The van der Waals surface area contributed by atoms with Gasteiger partial charge >= 0.3 is 12.1 Å². The van der Waals surface area contributed by atoms with Crippen molar-refractivity contribution in [2.24, 2.45) is 17.8 Å². The summed E-state index contributed by atoms with van der Waals surface area (Å²) in [6, 6.07) is 1.67. The number of amides is 1. The van der Waals surface area contributed by atoms with Gasteiger partial charge in [-0.3, -0.25) is 4.90 Å². The fourth-order valence-corrected chi connectivity index (χ4v) is 4.26. The van der Waals surface area contributed by atoms with Gasteiger partial charge in [-0.2, -0.15) is 5.26 Å². The number of esters is 1. The van der Waals surface area contributed by atoms with E-state index < -0.39 is 12.1 Å². The quantitative estimate of drug-likeness (QED) is 0.569. The van der Waals surface area contributed by atoms with E-state index in [-0.39, 0.29) is 5.97 Å². The zero-order valence-electron chi connectivity index (χ0n) is 14.7. The predicted octanol–water partition coefficient (Wildman–Crippen LogP) is 3.12. The van der Waals surface area contributed by atoms with E-state index in [9.17, 15) is 9.59 Å². The molecule has 0 N–H and O–H groups in total. The molecule has 2 fully saturated rings. The Bertz CT molecular complexity index is 488. The Balaban J connectivity index is 2.02. The van der Waals surface area contributed by atoms with Crippen molar-refractivity contribution >= 4 is 12.1 Å². The van der Waals surface area contributed by atoms with Gasteiger partial charge in [0.25, 0.3) is 0 Å². The number of methoxy groups -OCH3 is 1. The van der Waals surface area contributed by atoms with Crippen molar-refractivity contribution in [3.05, 3.63) is 0 Å². The second kappa shape index (κ2) is 8.91. The van der Waals surface area contributed by atoms with Gasteiger partial charge in [-0.15, -0.1) is 0 Å². The van der Waals surface area contributed by atoms with E-state index in [1.54, 1.807) is 11.8 Å². The van der Waals surface area contributed by atoms with Gasteiger partial charge in [-0.05, 0) is 56.8 Å². The van der Waals surface area contributed by atoms with Crippen LogP contribution in [0.1, 0.15) is 51.9 Å². The van der Waals surface area contributed by atoms with Gasteiger partial charge in [0, 0.05) is 13.0 Å². The maximum Gasteiger partial charge on any atom is 0.410 e. The molecule has 6 heteroatoms. The van der Waals surface area contributed by atoms with Crippen molar-refractivity contribution in [2.45, 2.75) is 57.9 Å². The summed E-state index contributed by atoms with van der Waals surface area (Å²) in [5.74, 6) is 1.18. The normalized spacial score (nSPS) is 29.3. The van der Waals surface area contributed by atoms with Gasteiger partial charge in [0.15, 0.2) is 0 Å². The molecule has 2 aliphatic rings. The molecule has 1 heterocycles. The lowest BCUT2D eigenvalue weighted by molar-refractivity contribution is -0.152. The molecule has 0 unspecified atom stereocenters. The van der Waals surface area contributed by atoms with Crippen LogP contribution in [0.3, 0.4) is 0 Å². The lowest BCUT2D eigenvalue weighted by Gasteiger charge is -2.46. The van der Waals surface area contributed by atoms with Crippen molar-refractivity contribution in [1.82, 2.24) is 4.90 Å². The minimum atomic E-state index is -0.531. The molecule has 0 radical (unpaired) electrons. The van der Waals surface area contributed by atoms with E-state index in [1.165, 1.54) is 7.11 Å². The number of rotatable bonds is 5. The van der Waals surface area contributed by atoms with Crippen LogP contribution in [0.25, 0.3) is 0 Å². The van der Waals surface area contributed by atoms with Crippen LogP contribution in [-0.2, 0) is 14.3 Å². The maximum atomic E-state index is 12.3. The Morgan fingerprint density at radius 3 is 2.71 bits per heavy atom. The molecule has 1 saturated carbocycles. The third-order valence-corrected chi connectivity index (χ3v) is 5.45. The van der Waals surface area contributed by atoms with Crippen LogP contribution in [0.2, 0.25) is 0 Å². The lowest BCUT2D eigenvalue weighted by atomic mass is 9.68. The summed E-state index contributed by atoms with van der Waals surface area (Å²) < 4.78 is 10.0. The van der Waals surface area contributed by atoms with Crippen LogP contribution in [0.15, 0.2) is 0 Å². The number of ether oxygens (including phenoxy) is 2. The first-order chi connectivity index (χ1) is 11.6. The van der Waals surface area contributed by atoms with E-state index in [4.69, 9.17) is 14.7 Å². The molecule has 0 spiro atoms. The number of hydrogen-bond acceptors (Lipinski definition) is 5. The highest BCUT2D eigenvalue weighted by Crippen LogP contribution is 2.42. The number of nitriles is 1. The first kappa shape index (κ1) is 18.6. The van der Waals surface area contributed by atoms with Crippen LogP contribution in [0.5, 0.6) is 0 Å². The van der Waals surface area contributed by atoms with E-state index in [0.29, 0.717) is 43.7 Å². The maximum absolute atomic E-state index is 12.3. The van der Waals surface area contributed by atoms with Crippen molar-refractivity contribution in [1.29, 1.82) is 5.26 Å². The molecule has 2 rings (SSSR count). The van der Waals surface area contributed by atoms with E-state index in [1.807, 2.05) is 0 Å². The van der Waals surface area contributed by atoms with Gasteiger partial charge in [-0.25, -0.2) is 9.59 Å². The van der Waals surface area contributed by atoms with Gasteiger partial charge < -0.3 is 9.47 Å². The highest BCUT2D eigenvalue weighted by Gasteiger charge is 2.44. The number of likely N-dealkylation sites (tertiary alicyclic amines) is 1. The molecule has 1 amide bonds. The van der Waals surface area contributed by atoms with Crippen molar-refractivity contribution in [3.8, 4) is 6.07 Å². The number of carbonyl (C=O) groups is 2. The second-order valence-electron chi connectivity index (χ2n) is 6.88. The van der Waals surface area contributed by atoms with Crippen molar-refractivity contribution < 1.29 is 19.1 Å². The van der Waals surface area contributed by atoms with E-state index in [0.717, 1.165) is 32.1 Å². The first-order valence-electron chi connectivity index (χ1n) is 8.98. The van der Waals surface area contributed by atoms with Crippen molar-refractivity contribution in [3.63, 3.8) is 0 Å². The summed E-state index contributed by atoms with van der Waals surface area (Å²) in [6.07, 6.45) is 6.18. The topological polar surface area (TPSA) is 79.6 Å². The fraction of sp³-hybridized carbons (Fsp3) is 0.833. The average Bonchev–Trinajstić information content (AvgIpc) is 2.60. The number of nitrogens with zero attached hydrogens (tertiary/aromatic N) is 2. The second-order valence-corrected chi connectivity index (χ2v) is 6.88. The number of fused-ring (bicyclic) bond motifs is 1. The molecule has 24 heavy (non-hydrogen) atoms. The largest absolute Gasteiger partial charge is 0.464 e. The Morgan fingerprint density at radius 2 is 2.04 bits per heavy atom. The molecular formula is C18H28N2O4. The predicted molar refractivity (Wildman–Crippen MR) is 87.9 cm³/mol. The van der Waals surface area contributed by atoms with E-state index >= 15 is 0 Å². The summed E-state index contributed by atoms with van der Waals surface area (Å²) in [7, 11) is 1.35. The molecule has 0 aromatic rings. The molecule has 6 nitrogen and oxygen atoms in total. The molecule has 1 aliphatic heterocycles. The Kier molecular flexibility index (Phi) is 6.89. The first-order valence-corrected chi connectivity index (χ1v) is 8.98. The number of piperidine rings is 1. The minimum Gasteiger partial charge on any atom is -0.464 e.